The number of rotatable bonds is 8. The molecular formula is C18H26N2S. The number of thiazole rings is 1. The molecule has 2 nitrogen and oxygen atoms in total. The van der Waals surface area contributed by atoms with E-state index in [-0.39, 0.29) is 0 Å². The molecule has 0 amide bonds. The van der Waals surface area contributed by atoms with Crippen LogP contribution >= 0.6 is 11.3 Å². The van der Waals surface area contributed by atoms with Crippen LogP contribution in [0.15, 0.2) is 29.6 Å². The molecule has 1 atom stereocenters. The summed E-state index contributed by atoms with van der Waals surface area (Å²) in [6.45, 7) is 7.58. The largest absolute Gasteiger partial charge is 0.314 e. The van der Waals surface area contributed by atoms with Crippen LogP contribution in [-0.4, -0.2) is 17.6 Å². The molecule has 21 heavy (non-hydrogen) atoms. The molecule has 114 valence electrons. The van der Waals surface area contributed by atoms with Crippen molar-refractivity contribution in [2.45, 2.75) is 52.5 Å². The van der Waals surface area contributed by atoms with Crippen LogP contribution in [0, 0.1) is 13.8 Å². The minimum Gasteiger partial charge on any atom is -0.314 e. The van der Waals surface area contributed by atoms with Gasteiger partial charge in [0.25, 0.3) is 0 Å². The van der Waals surface area contributed by atoms with E-state index in [1.807, 2.05) is 0 Å². The summed E-state index contributed by atoms with van der Waals surface area (Å²) in [6.07, 6.45) is 4.53. The van der Waals surface area contributed by atoms with Gasteiger partial charge in [0.1, 0.15) is 0 Å². The standard InChI is InChI=1S/C18H26N2S/c1-4-11-19-17(12-18-20-15(3)13-21-18)10-9-16-8-6-5-7-14(16)2/h5-8,13,17,19H,4,9-12H2,1-3H3. The molecule has 2 rings (SSSR count). The predicted octanol–water partition coefficient (Wildman–Crippen LogP) is 4.30. The number of hydrogen-bond acceptors (Lipinski definition) is 3. The summed E-state index contributed by atoms with van der Waals surface area (Å²) in [5.41, 5.74) is 4.01. The van der Waals surface area contributed by atoms with E-state index in [0.717, 1.165) is 25.1 Å². The number of aryl methyl sites for hydroxylation is 3. The van der Waals surface area contributed by atoms with Crippen molar-refractivity contribution in [3.8, 4) is 0 Å². The van der Waals surface area contributed by atoms with E-state index in [2.05, 4.69) is 60.7 Å². The van der Waals surface area contributed by atoms with E-state index in [1.54, 1.807) is 11.3 Å². The van der Waals surface area contributed by atoms with Crippen molar-refractivity contribution in [1.82, 2.24) is 10.3 Å². The van der Waals surface area contributed by atoms with Crippen molar-refractivity contribution >= 4 is 11.3 Å². The summed E-state index contributed by atoms with van der Waals surface area (Å²) in [4.78, 5) is 4.61. The van der Waals surface area contributed by atoms with Crippen LogP contribution in [0.1, 0.15) is 41.6 Å². The SMILES string of the molecule is CCCNC(CCc1ccccc1C)Cc1nc(C)cs1. The minimum absolute atomic E-state index is 0.523. The van der Waals surface area contributed by atoms with Gasteiger partial charge in [-0.2, -0.15) is 0 Å². The van der Waals surface area contributed by atoms with Crippen molar-refractivity contribution in [3.05, 3.63) is 51.5 Å². The van der Waals surface area contributed by atoms with Crippen LogP contribution in [-0.2, 0) is 12.8 Å². The molecule has 1 N–H and O–H groups in total. The third-order valence-corrected chi connectivity index (χ3v) is 4.78. The second-order valence-corrected chi connectivity index (χ2v) is 6.65. The van der Waals surface area contributed by atoms with Gasteiger partial charge in [0.2, 0.25) is 0 Å². The first kappa shape index (κ1) is 16.2. The van der Waals surface area contributed by atoms with Gasteiger partial charge >= 0.3 is 0 Å². The van der Waals surface area contributed by atoms with E-state index in [1.165, 1.54) is 29.0 Å². The Morgan fingerprint density at radius 3 is 2.71 bits per heavy atom. The Balaban J connectivity index is 1.94. The quantitative estimate of drug-likeness (QED) is 0.786. The zero-order chi connectivity index (χ0) is 15.1. The van der Waals surface area contributed by atoms with Gasteiger partial charge in [-0.3, -0.25) is 0 Å². The van der Waals surface area contributed by atoms with Crippen molar-refractivity contribution in [2.75, 3.05) is 6.54 Å². The molecule has 0 aliphatic heterocycles. The lowest BCUT2D eigenvalue weighted by atomic mass is 9.99. The van der Waals surface area contributed by atoms with Crippen LogP contribution in [0.2, 0.25) is 0 Å². The first-order valence-electron chi connectivity index (χ1n) is 7.88. The molecule has 0 aliphatic rings. The molecule has 3 heteroatoms. The van der Waals surface area contributed by atoms with E-state index in [9.17, 15) is 0 Å². The third-order valence-electron chi connectivity index (χ3n) is 3.79. The second-order valence-electron chi connectivity index (χ2n) is 5.70. The number of benzene rings is 1. The Kier molecular flexibility index (Phi) is 6.40. The smallest absolute Gasteiger partial charge is 0.0943 e. The molecule has 0 radical (unpaired) electrons. The third kappa shape index (κ3) is 5.25. The van der Waals surface area contributed by atoms with Crippen LogP contribution < -0.4 is 5.32 Å². The van der Waals surface area contributed by atoms with Crippen LogP contribution in [0.25, 0.3) is 0 Å². The molecule has 0 saturated carbocycles. The molecule has 0 bridgehead atoms. The number of hydrogen-bond donors (Lipinski definition) is 1. The van der Waals surface area contributed by atoms with Crippen LogP contribution in [0.5, 0.6) is 0 Å². The summed E-state index contributed by atoms with van der Waals surface area (Å²) in [5.74, 6) is 0. The van der Waals surface area contributed by atoms with E-state index >= 15 is 0 Å². The number of nitrogens with one attached hydrogen (secondary N) is 1. The Bertz CT molecular complexity index is 548. The maximum Gasteiger partial charge on any atom is 0.0943 e. The highest BCUT2D eigenvalue weighted by Gasteiger charge is 2.12. The highest BCUT2D eigenvalue weighted by molar-refractivity contribution is 7.09. The van der Waals surface area contributed by atoms with Crippen LogP contribution in [0.4, 0.5) is 0 Å². The van der Waals surface area contributed by atoms with Gasteiger partial charge in [-0.1, -0.05) is 31.2 Å². The van der Waals surface area contributed by atoms with Gasteiger partial charge in [-0.05, 0) is 50.8 Å². The van der Waals surface area contributed by atoms with Gasteiger partial charge in [-0.25, -0.2) is 4.98 Å². The summed E-state index contributed by atoms with van der Waals surface area (Å²) in [7, 11) is 0. The van der Waals surface area contributed by atoms with E-state index in [4.69, 9.17) is 0 Å². The highest BCUT2D eigenvalue weighted by atomic mass is 32.1. The first-order chi connectivity index (χ1) is 10.2. The maximum atomic E-state index is 4.61. The lowest BCUT2D eigenvalue weighted by Crippen LogP contribution is -2.32. The van der Waals surface area contributed by atoms with Gasteiger partial charge < -0.3 is 5.32 Å². The molecule has 0 aliphatic carbocycles. The monoisotopic (exact) mass is 302 g/mol. The predicted molar refractivity (Wildman–Crippen MR) is 92.1 cm³/mol. The fourth-order valence-corrected chi connectivity index (χ4v) is 3.41. The molecular weight excluding hydrogens is 276 g/mol. The molecule has 0 spiro atoms. The highest BCUT2D eigenvalue weighted by Crippen LogP contribution is 2.16. The average Bonchev–Trinajstić information content (AvgIpc) is 2.88. The minimum atomic E-state index is 0.523. The summed E-state index contributed by atoms with van der Waals surface area (Å²) in [6, 6.07) is 9.23. The fraction of sp³-hybridized carbons (Fsp3) is 0.500. The van der Waals surface area contributed by atoms with E-state index < -0.39 is 0 Å². The summed E-state index contributed by atoms with van der Waals surface area (Å²) in [5, 5.41) is 7.09. The molecule has 0 fully saturated rings. The molecule has 1 unspecified atom stereocenters. The fourth-order valence-electron chi connectivity index (χ4n) is 2.55. The summed E-state index contributed by atoms with van der Waals surface area (Å²) >= 11 is 1.79. The molecule has 1 heterocycles. The second kappa shape index (κ2) is 8.30. The Hall–Kier alpha value is -1.19. The van der Waals surface area contributed by atoms with Gasteiger partial charge in [0.05, 0.1) is 5.01 Å². The van der Waals surface area contributed by atoms with Crippen molar-refractivity contribution in [3.63, 3.8) is 0 Å². The summed E-state index contributed by atoms with van der Waals surface area (Å²) < 4.78 is 0. The Labute approximate surface area is 132 Å². The molecule has 1 aromatic heterocycles. The maximum absolute atomic E-state index is 4.61. The van der Waals surface area contributed by atoms with E-state index in [0.29, 0.717) is 6.04 Å². The average molecular weight is 302 g/mol. The number of aromatic nitrogens is 1. The Morgan fingerprint density at radius 2 is 2.05 bits per heavy atom. The van der Waals surface area contributed by atoms with Gasteiger partial charge in [0.15, 0.2) is 0 Å². The molecule has 0 saturated heterocycles. The topological polar surface area (TPSA) is 24.9 Å². The molecule has 2 aromatic rings. The van der Waals surface area contributed by atoms with Gasteiger partial charge in [-0.15, -0.1) is 11.3 Å². The Morgan fingerprint density at radius 1 is 1.24 bits per heavy atom. The zero-order valence-electron chi connectivity index (χ0n) is 13.4. The lowest BCUT2D eigenvalue weighted by molar-refractivity contribution is 0.476. The van der Waals surface area contributed by atoms with Crippen molar-refractivity contribution in [2.24, 2.45) is 0 Å². The zero-order valence-corrected chi connectivity index (χ0v) is 14.2. The van der Waals surface area contributed by atoms with Crippen LogP contribution in [0.3, 0.4) is 0 Å². The van der Waals surface area contributed by atoms with Crippen molar-refractivity contribution < 1.29 is 0 Å². The lowest BCUT2D eigenvalue weighted by Gasteiger charge is -2.18. The van der Waals surface area contributed by atoms with Crippen molar-refractivity contribution in [1.29, 1.82) is 0 Å². The molecule has 1 aromatic carbocycles. The number of nitrogens with zero attached hydrogens (tertiary/aromatic N) is 1. The first-order valence-corrected chi connectivity index (χ1v) is 8.76. The van der Waals surface area contributed by atoms with Gasteiger partial charge in [0, 0.05) is 23.5 Å². The normalized spacial score (nSPS) is 12.5.